The Kier molecular flexibility index (Phi) is 4.85. The van der Waals surface area contributed by atoms with Gasteiger partial charge >= 0.3 is 0 Å². The number of anilines is 1. The van der Waals surface area contributed by atoms with Crippen LogP contribution in [0.2, 0.25) is 0 Å². The third-order valence-electron chi connectivity index (χ3n) is 4.07. The first kappa shape index (κ1) is 15.8. The lowest BCUT2D eigenvalue weighted by atomic mass is 9.88. The van der Waals surface area contributed by atoms with E-state index in [0.29, 0.717) is 6.54 Å². The molecule has 1 aromatic rings. The zero-order valence-corrected chi connectivity index (χ0v) is 12.6. The fourth-order valence-electron chi connectivity index (χ4n) is 3.06. The van der Waals surface area contributed by atoms with Gasteiger partial charge in [-0.1, -0.05) is 18.2 Å². The highest BCUT2D eigenvalue weighted by Gasteiger charge is 2.34. The molecule has 0 bridgehead atoms. The van der Waals surface area contributed by atoms with E-state index in [9.17, 15) is 9.59 Å². The van der Waals surface area contributed by atoms with E-state index in [0.717, 1.165) is 30.6 Å². The molecular weight excluding hydrogens is 290 g/mol. The van der Waals surface area contributed by atoms with Gasteiger partial charge in [0, 0.05) is 31.2 Å². The van der Waals surface area contributed by atoms with Gasteiger partial charge in [-0.25, -0.2) is 0 Å². The minimum absolute atomic E-state index is 0. The molecule has 6 heteroatoms. The van der Waals surface area contributed by atoms with Gasteiger partial charge in [-0.2, -0.15) is 0 Å². The van der Waals surface area contributed by atoms with Crippen LogP contribution in [0.4, 0.5) is 5.69 Å². The predicted molar refractivity (Wildman–Crippen MR) is 83.5 cm³/mol. The van der Waals surface area contributed by atoms with Gasteiger partial charge in [-0.3, -0.25) is 9.59 Å². The number of carbonyl (C=O) groups is 2. The second kappa shape index (κ2) is 6.45. The topological polar surface area (TPSA) is 75.4 Å². The van der Waals surface area contributed by atoms with Crippen molar-refractivity contribution in [1.29, 1.82) is 0 Å². The van der Waals surface area contributed by atoms with Gasteiger partial charge in [0.25, 0.3) is 0 Å². The Morgan fingerprint density at radius 2 is 2.10 bits per heavy atom. The summed E-state index contributed by atoms with van der Waals surface area (Å²) in [7, 11) is 0. The Bertz CT molecular complexity index is 549. The average Bonchev–Trinajstić information content (AvgIpc) is 2.45. The van der Waals surface area contributed by atoms with Crippen LogP contribution in [-0.2, 0) is 9.59 Å². The maximum Gasteiger partial charge on any atom is 0.230 e. The van der Waals surface area contributed by atoms with Crippen molar-refractivity contribution < 1.29 is 9.59 Å². The summed E-state index contributed by atoms with van der Waals surface area (Å²) in [4.78, 5) is 26.3. The molecule has 114 valence electrons. The molecule has 0 spiro atoms. The second-order valence-electron chi connectivity index (χ2n) is 5.58. The predicted octanol–water partition coefficient (Wildman–Crippen LogP) is 1.48. The molecule has 0 aromatic heterocycles. The van der Waals surface area contributed by atoms with Crippen molar-refractivity contribution in [2.24, 2.45) is 5.73 Å². The summed E-state index contributed by atoms with van der Waals surface area (Å²) in [5, 5.41) is 2.82. The molecule has 2 atom stereocenters. The number of rotatable bonds is 1. The first-order valence-electron chi connectivity index (χ1n) is 7.08. The molecule has 2 aliphatic heterocycles. The van der Waals surface area contributed by atoms with Crippen LogP contribution in [0.5, 0.6) is 0 Å². The third-order valence-corrected chi connectivity index (χ3v) is 4.07. The zero-order chi connectivity index (χ0) is 14.1. The van der Waals surface area contributed by atoms with Crippen molar-refractivity contribution in [2.45, 2.75) is 31.2 Å². The van der Waals surface area contributed by atoms with Crippen molar-refractivity contribution in [2.75, 3.05) is 18.4 Å². The number of nitrogens with two attached hydrogens (primary N) is 1. The Morgan fingerprint density at radius 1 is 1.33 bits per heavy atom. The summed E-state index contributed by atoms with van der Waals surface area (Å²) in [6.45, 7) is 1.34. The first-order chi connectivity index (χ1) is 9.65. The highest BCUT2D eigenvalue weighted by atomic mass is 35.5. The molecule has 0 radical (unpaired) electrons. The molecule has 3 N–H and O–H groups in total. The van der Waals surface area contributed by atoms with Crippen LogP contribution >= 0.6 is 12.4 Å². The second-order valence-corrected chi connectivity index (χ2v) is 5.58. The van der Waals surface area contributed by atoms with Crippen LogP contribution in [0.3, 0.4) is 0 Å². The summed E-state index contributed by atoms with van der Waals surface area (Å²) in [5.41, 5.74) is 7.61. The number of nitrogens with zero attached hydrogens (tertiary/aromatic N) is 1. The van der Waals surface area contributed by atoms with Gasteiger partial charge in [0.15, 0.2) is 0 Å². The molecule has 21 heavy (non-hydrogen) atoms. The van der Waals surface area contributed by atoms with Gasteiger partial charge in [0.2, 0.25) is 11.8 Å². The van der Waals surface area contributed by atoms with Crippen LogP contribution in [-0.4, -0.2) is 35.8 Å². The van der Waals surface area contributed by atoms with Crippen molar-refractivity contribution in [3.05, 3.63) is 29.8 Å². The van der Waals surface area contributed by atoms with Crippen molar-refractivity contribution in [3.8, 4) is 0 Å². The number of likely N-dealkylation sites (tertiary alicyclic amines) is 1. The lowest BCUT2D eigenvalue weighted by molar-refractivity contribution is -0.136. The summed E-state index contributed by atoms with van der Waals surface area (Å²) >= 11 is 0. The van der Waals surface area contributed by atoms with Gasteiger partial charge in [0.05, 0.1) is 5.92 Å². The van der Waals surface area contributed by atoms with Gasteiger partial charge < -0.3 is 16.0 Å². The molecule has 0 aliphatic carbocycles. The molecule has 0 saturated carbocycles. The summed E-state index contributed by atoms with van der Waals surface area (Å²) in [6.07, 6.45) is 2.13. The molecule has 1 aromatic carbocycles. The summed E-state index contributed by atoms with van der Waals surface area (Å²) in [6, 6.07) is 7.58. The van der Waals surface area contributed by atoms with Crippen LogP contribution in [0.25, 0.3) is 0 Å². The number of hydrogen-bond donors (Lipinski definition) is 2. The normalized spacial score (nSPS) is 24.6. The number of halogens is 1. The van der Waals surface area contributed by atoms with Crippen LogP contribution in [0.1, 0.15) is 30.7 Å². The first-order valence-corrected chi connectivity index (χ1v) is 7.08. The fourth-order valence-corrected chi connectivity index (χ4v) is 3.06. The minimum atomic E-state index is -0.370. The lowest BCUT2D eigenvalue weighted by Crippen LogP contribution is -2.48. The van der Waals surface area contributed by atoms with Crippen molar-refractivity contribution in [1.82, 2.24) is 4.90 Å². The molecule has 2 amide bonds. The maximum atomic E-state index is 12.7. The van der Waals surface area contributed by atoms with Crippen LogP contribution < -0.4 is 11.1 Å². The Morgan fingerprint density at radius 3 is 2.86 bits per heavy atom. The average molecular weight is 310 g/mol. The van der Waals surface area contributed by atoms with E-state index in [-0.39, 0.29) is 42.6 Å². The number of benzene rings is 1. The number of nitrogens with one attached hydrogen (secondary N) is 1. The number of para-hydroxylation sites is 1. The van der Waals surface area contributed by atoms with Gasteiger partial charge in [0.1, 0.15) is 0 Å². The van der Waals surface area contributed by atoms with Crippen LogP contribution in [0, 0.1) is 0 Å². The number of carbonyl (C=O) groups excluding carboxylic acids is 2. The highest BCUT2D eigenvalue weighted by Crippen LogP contribution is 2.33. The summed E-state index contributed by atoms with van der Waals surface area (Å²) < 4.78 is 0. The van der Waals surface area contributed by atoms with Gasteiger partial charge in [-0.15, -0.1) is 12.4 Å². The van der Waals surface area contributed by atoms with E-state index in [4.69, 9.17) is 5.73 Å². The van der Waals surface area contributed by atoms with Crippen molar-refractivity contribution >= 4 is 29.9 Å². The van der Waals surface area contributed by atoms with E-state index in [1.807, 2.05) is 29.2 Å². The fraction of sp³-hybridized carbons (Fsp3) is 0.467. The monoisotopic (exact) mass is 309 g/mol. The Labute approximate surface area is 130 Å². The minimum Gasteiger partial charge on any atom is -0.341 e. The van der Waals surface area contributed by atoms with Crippen LogP contribution in [0.15, 0.2) is 24.3 Å². The molecule has 1 fully saturated rings. The Hall–Kier alpha value is -1.59. The molecule has 2 unspecified atom stereocenters. The van der Waals surface area contributed by atoms with E-state index in [1.165, 1.54) is 0 Å². The standard InChI is InChI=1S/C15H19N3O2.ClH/c16-10-4-3-7-18(9-10)15(20)12-8-14(19)17-13-6-2-1-5-11(12)13;/h1-2,5-6,10,12H,3-4,7-9,16H2,(H,17,19);1H. The molecule has 5 nitrogen and oxygen atoms in total. The van der Waals surface area contributed by atoms with Gasteiger partial charge in [-0.05, 0) is 24.5 Å². The quantitative estimate of drug-likeness (QED) is 0.825. The molecular formula is C15H20ClN3O2. The van der Waals surface area contributed by atoms with Crippen molar-refractivity contribution in [3.63, 3.8) is 0 Å². The number of fused-ring (bicyclic) bond motifs is 1. The molecule has 2 aliphatic rings. The van der Waals surface area contributed by atoms with E-state index < -0.39 is 0 Å². The SMILES string of the molecule is Cl.NC1CCCN(C(=O)C2CC(=O)Nc3ccccc32)C1. The maximum absolute atomic E-state index is 12.7. The van der Waals surface area contributed by atoms with E-state index >= 15 is 0 Å². The number of piperidine rings is 1. The zero-order valence-electron chi connectivity index (χ0n) is 11.7. The van der Waals surface area contributed by atoms with E-state index in [2.05, 4.69) is 5.32 Å². The third kappa shape index (κ3) is 3.19. The summed E-state index contributed by atoms with van der Waals surface area (Å²) in [5.74, 6) is -0.434. The van der Waals surface area contributed by atoms with E-state index in [1.54, 1.807) is 0 Å². The smallest absolute Gasteiger partial charge is 0.230 e. The molecule has 1 saturated heterocycles. The lowest BCUT2D eigenvalue weighted by Gasteiger charge is -2.35. The largest absolute Gasteiger partial charge is 0.341 e. The molecule has 3 rings (SSSR count). The number of amides is 2. The molecule has 2 heterocycles. The number of hydrogen-bond acceptors (Lipinski definition) is 3. The Balaban J connectivity index is 0.00000161. The highest BCUT2D eigenvalue weighted by molar-refractivity contribution is 6.01.